The van der Waals surface area contributed by atoms with Crippen LogP contribution < -0.4 is 4.90 Å². The summed E-state index contributed by atoms with van der Waals surface area (Å²) in [7, 11) is 0. The largest absolute Gasteiger partial charge is 0.506 e. The van der Waals surface area contributed by atoms with Crippen molar-refractivity contribution in [1.29, 1.82) is 0 Å². The Hall–Kier alpha value is -1.51. The SMILES string of the molecule is O=C(C1CCCCCCC1)N1CCCc2cccc(O)c21. The number of aromatic hydroxyl groups is 1. The zero-order valence-corrected chi connectivity index (χ0v) is 12.7. The zero-order chi connectivity index (χ0) is 14.7. The lowest BCUT2D eigenvalue weighted by molar-refractivity contribution is -0.123. The maximum absolute atomic E-state index is 12.9. The first-order chi connectivity index (χ1) is 10.3. The van der Waals surface area contributed by atoms with Gasteiger partial charge in [-0.3, -0.25) is 4.79 Å². The van der Waals surface area contributed by atoms with Crippen molar-refractivity contribution in [3.63, 3.8) is 0 Å². The molecular formula is C18H25NO2. The first kappa shape index (κ1) is 14.4. The van der Waals surface area contributed by atoms with E-state index in [1.807, 2.05) is 17.0 Å². The van der Waals surface area contributed by atoms with Crippen molar-refractivity contribution in [1.82, 2.24) is 0 Å². The quantitative estimate of drug-likeness (QED) is 0.847. The van der Waals surface area contributed by atoms with Crippen molar-refractivity contribution in [2.45, 2.75) is 57.8 Å². The summed E-state index contributed by atoms with van der Waals surface area (Å²) in [6.45, 7) is 0.750. The number of anilines is 1. The number of para-hydroxylation sites is 1. The van der Waals surface area contributed by atoms with Gasteiger partial charge in [0.1, 0.15) is 5.75 Å². The van der Waals surface area contributed by atoms with Crippen molar-refractivity contribution in [2.75, 3.05) is 11.4 Å². The van der Waals surface area contributed by atoms with Gasteiger partial charge in [-0.2, -0.15) is 0 Å². The van der Waals surface area contributed by atoms with E-state index in [1.165, 1.54) is 19.3 Å². The Bertz CT molecular complexity index is 504. The zero-order valence-electron chi connectivity index (χ0n) is 12.7. The lowest BCUT2D eigenvalue weighted by atomic mass is 9.89. The highest BCUT2D eigenvalue weighted by molar-refractivity contribution is 5.97. The average molecular weight is 287 g/mol. The van der Waals surface area contributed by atoms with Crippen molar-refractivity contribution >= 4 is 11.6 Å². The molecule has 1 saturated carbocycles. The van der Waals surface area contributed by atoms with Gasteiger partial charge in [-0.05, 0) is 37.3 Å². The van der Waals surface area contributed by atoms with Crippen LogP contribution in [0.5, 0.6) is 5.75 Å². The van der Waals surface area contributed by atoms with Crippen LogP contribution >= 0.6 is 0 Å². The summed E-state index contributed by atoms with van der Waals surface area (Å²) in [6.07, 6.45) is 10.1. The van der Waals surface area contributed by atoms with Crippen LogP contribution in [0.25, 0.3) is 0 Å². The molecule has 1 N–H and O–H groups in total. The lowest BCUT2D eigenvalue weighted by Gasteiger charge is -2.33. The van der Waals surface area contributed by atoms with Gasteiger partial charge < -0.3 is 10.0 Å². The first-order valence-electron chi connectivity index (χ1n) is 8.39. The molecule has 0 saturated heterocycles. The van der Waals surface area contributed by atoms with Crippen molar-refractivity contribution in [3.8, 4) is 5.75 Å². The fourth-order valence-electron chi connectivity index (χ4n) is 3.77. The van der Waals surface area contributed by atoms with Gasteiger partial charge in [0.15, 0.2) is 0 Å². The summed E-state index contributed by atoms with van der Waals surface area (Å²) in [5, 5.41) is 10.2. The Morgan fingerprint density at radius 2 is 1.76 bits per heavy atom. The Labute approximate surface area is 127 Å². The van der Waals surface area contributed by atoms with Crippen LogP contribution in [-0.2, 0) is 11.2 Å². The molecule has 21 heavy (non-hydrogen) atoms. The second kappa shape index (κ2) is 6.50. The number of nitrogens with zero attached hydrogens (tertiary/aromatic N) is 1. The number of phenols is 1. The summed E-state index contributed by atoms with van der Waals surface area (Å²) in [5.74, 6) is 0.640. The van der Waals surface area contributed by atoms with E-state index in [0.717, 1.165) is 56.3 Å². The Balaban J connectivity index is 1.82. The number of hydrogen-bond donors (Lipinski definition) is 1. The minimum atomic E-state index is 0.149. The molecule has 0 radical (unpaired) electrons. The third kappa shape index (κ3) is 3.07. The summed E-state index contributed by atoms with van der Waals surface area (Å²) in [5.41, 5.74) is 1.89. The molecule has 3 heteroatoms. The molecule has 0 unspecified atom stereocenters. The standard InChI is InChI=1S/C18H25NO2/c20-16-12-6-10-14-11-7-13-19(17(14)16)18(21)15-8-4-2-1-3-5-9-15/h6,10,12,15,20H,1-5,7-9,11,13H2. The number of phenolic OH excluding ortho intramolecular Hbond substituents is 1. The molecule has 3 rings (SSSR count). The van der Waals surface area contributed by atoms with E-state index in [2.05, 4.69) is 0 Å². The minimum absolute atomic E-state index is 0.149. The maximum atomic E-state index is 12.9. The van der Waals surface area contributed by atoms with Crippen LogP contribution in [-0.4, -0.2) is 17.6 Å². The third-order valence-corrected chi connectivity index (χ3v) is 4.92. The van der Waals surface area contributed by atoms with E-state index in [4.69, 9.17) is 0 Å². The van der Waals surface area contributed by atoms with Gasteiger partial charge >= 0.3 is 0 Å². The topological polar surface area (TPSA) is 40.5 Å². The molecule has 3 nitrogen and oxygen atoms in total. The van der Waals surface area contributed by atoms with E-state index in [1.54, 1.807) is 6.07 Å². The number of fused-ring (bicyclic) bond motifs is 1. The van der Waals surface area contributed by atoms with E-state index in [-0.39, 0.29) is 17.6 Å². The highest BCUT2D eigenvalue weighted by Crippen LogP contribution is 2.37. The summed E-state index contributed by atoms with van der Waals surface area (Å²) >= 11 is 0. The molecule has 1 heterocycles. The minimum Gasteiger partial charge on any atom is -0.506 e. The van der Waals surface area contributed by atoms with Gasteiger partial charge in [0.05, 0.1) is 5.69 Å². The molecule has 0 atom stereocenters. The fourth-order valence-corrected chi connectivity index (χ4v) is 3.77. The van der Waals surface area contributed by atoms with Crippen LogP contribution in [0.15, 0.2) is 18.2 Å². The van der Waals surface area contributed by atoms with Crippen LogP contribution in [0.1, 0.15) is 56.9 Å². The van der Waals surface area contributed by atoms with Crippen molar-refractivity contribution in [2.24, 2.45) is 5.92 Å². The highest BCUT2D eigenvalue weighted by atomic mass is 16.3. The monoisotopic (exact) mass is 287 g/mol. The summed E-state index contributed by atoms with van der Waals surface area (Å²) in [6, 6.07) is 5.60. The Kier molecular flexibility index (Phi) is 4.47. The van der Waals surface area contributed by atoms with Gasteiger partial charge in [-0.1, -0.05) is 44.2 Å². The normalized spacial score (nSPS) is 20.5. The smallest absolute Gasteiger partial charge is 0.230 e. The van der Waals surface area contributed by atoms with Crippen LogP contribution in [0.2, 0.25) is 0 Å². The van der Waals surface area contributed by atoms with Crippen LogP contribution in [0.3, 0.4) is 0 Å². The number of aryl methyl sites for hydroxylation is 1. The second-order valence-corrected chi connectivity index (χ2v) is 6.42. The van der Waals surface area contributed by atoms with Gasteiger partial charge in [-0.25, -0.2) is 0 Å². The fraction of sp³-hybridized carbons (Fsp3) is 0.611. The highest BCUT2D eigenvalue weighted by Gasteiger charge is 2.30. The van der Waals surface area contributed by atoms with E-state index < -0.39 is 0 Å². The molecule has 1 amide bonds. The third-order valence-electron chi connectivity index (χ3n) is 4.92. The molecule has 0 aromatic heterocycles. The molecule has 1 aromatic carbocycles. The molecule has 1 aliphatic carbocycles. The molecule has 114 valence electrons. The molecule has 0 bridgehead atoms. The molecule has 2 aliphatic rings. The number of rotatable bonds is 1. The summed E-state index contributed by atoms with van der Waals surface area (Å²) in [4.78, 5) is 14.8. The van der Waals surface area contributed by atoms with Gasteiger partial charge in [0.25, 0.3) is 0 Å². The number of carbonyl (C=O) groups is 1. The molecular weight excluding hydrogens is 262 g/mol. The van der Waals surface area contributed by atoms with Gasteiger partial charge in [0.2, 0.25) is 5.91 Å². The Morgan fingerprint density at radius 1 is 1.05 bits per heavy atom. The molecule has 1 fully saturated rings. The molecule has 0 spiro atoms. The summed E-state index contributed by atoms with van der Waals surface area (Å²) < 4.78 is 0. The maximum Gasteiger partial charge on any atom is 0.230 e. The average Bonchev–Trinajstić information content (AvgIpc) is 2.46. The molecule has 1 aliphatic heterocycles. The van der Waals surface area contributed by atoms with E-state index in [0.29, 0.717) is 0 Å². The van der Waals surface area contributed by atoms with E-state index >= 15 is 0 Å². The number of hydrogen-bond acceptors (Lipinski definition) is 2. The van der Waals surface area contributed by atoms with E-state index in [9.17, 15) is 9.90 Å². The number of carbonyl (C=O) groups excluding carboxylic acids is 1. The predicted molar refractivity (Wildman–Crippen MR) is 84.6 cm³/mol. The Morgan fingerprint density at radius 3 is 2.52 bits per heavy atom. The lowest BCUT2D eigenvalue weighted by Crippen LogP contribution is -2.40. The second-order valence-electron chi connectivity index (χ2n) is 6.42. The van der Waals surface area contributed by atoms with Crippen LogP contribution in [0, 0.1) is 5.92 Å². The van der Waals surface area contributed by atoms with Gasteiger partial charge in [0, 0.05) is 12.5 Å². The van der Waals surface area contributed by atoms with Crippen molar-refractivity contribution < 1.29 is 9.90 Å². The first-order valence-corrected chi connectivity index (χ1v) is 8.39. The van der Waals surface area contributed by atoms with Crippen LogP contribution in [0.4, 0.5) is 5.69 Å². The van der Waals surface area contributed by atoms with Crippen molar-refractivity contribution in [3.05, 3.63) is 23.8 Å². The predicted octanol–water partition coefficient (Wildman–Crippen LogP) is 4.03. The number of benzene rings is 1. The molecule has 1 aromatic rings. The van der Waals surface area contributed by atoms with Gasteiger partial charge in [-0.15, -0.1) is 0 Å². The number of amides is 1.